The van der Waals surface area contributed by atoms with E-state index in [4.69, 9.17) is 12.6 Å². The molecule has 0 bridgehead atoms. The number of hydrogen-bond donors (Lipinski definition) is 2. The van der Waals surface area contributed by atoms with Crippen molar-refractivity contribution < 1.29 is 8.78 Å². The molecule has 2 aliphatic heterocycles. The van der Waals surface area contributed by atoms with E-state index in [0.717, 1.165) is 23.2 Å². The van der Waals surface area contributed by atoms with Gasteiger partial charge in [0.25, 0.3) is 0 Å². The monoisotopic (exact) mass is 292 g/mol. The van der Waals surface area contributed by atoms with E-state index in [1.807, 2.05) is 4.57 Å². The fourth-order valence-corrected chi connectivity index (χ4v) is 3.72. The molecule has 0 amide bonds. The van der Waals surface area contributed by atoms with Crippen LogP contribution in [0.15, 0.2) is 24.4 Å². The molecule has 2 aromatic rings. The van der Waals surface area contributed by atoms with Crippen molar-refractivity contribution in [1.29, 1.82) is 0 Å². The van der Waals surface area contributed by atoms with E-state index in [9.17, 15) is 8.78 Å². The lowest BCUT2D eigenvalue weighted by Crippen LogP contribution is -2.50. The van der Waals surface area contributed by atoms with Gasteiger partial charge in [-0.25, -0.2) is 8.78 Å². The van der Waals surface area contributed by atoms with Crippen LogP contribution in [0.2, 0.25) is 0 Å². The zero-order valence-electron chi connectivity index (χ0n) is 11.0. The summed E-state index contributed by atoms with van der Waals surface area (Å²) in [4.78, 5) is -0.518. The van der Waals surface area contributed by atoms with Gasteiger partial charge in [0.05, 0.1) is 12.1 Å². The van der Waals surface area contributed by atoms with Crippen LogP contribution >= 0.6 is 12.6 Å². The van der Waals surface area contributed by atoms with E-state index in [2.05, 4.69) is 18.3 Å². The molecule has 0 saturated carbocycles. The molecule has 1 aromatic heterocycles. The summed E-state index contributed by atoms with van der Waals surface area (Å²) in [5.74, 6) is -1.23. The van der Waals surface area contributed by atoms with Crippen molar-refractivity contribution in [2.75, 3.05) is 6.54 Å². The maximum absolute atomic E-state index is 13.9. The molecule has 0 aliphatic carbocycles. The molecule has 0 spiro atoms. The number of aromatic nitrogens is 1. The first-order chi connectivity index (χ1) is 9.49. The van der Waals surface area contributed by atoms with Crippen LogP contribution in [0.3, 0.4) is 0 Å². The lowest BCUT2D eigenvalue weighted by molar-refractivity contribution is 0.442. The number of nitrogens with zero attached hydrogens (tertiary/aromatic N) is 1. The highest BCUT2D eigenvalue weighted by molar-refractivity contribution is 7.82. The largest absolute Gasteiger partial charge is 0.344 e. The SMILES string of the molecule is CC1C=C2c3cc(F)c(F)c4ccn(c34)CC2(S)NC1. The van der Waals surface area contributed by atoms with Crippen molar-refractivity contribution in [1.82, 2.24) is 9.88 Å². The average Bonchev–Trinajstić information content (AvgIpc) is 2.81. The Morgan fingerprint density at radius 3 is 3.05 bits per heavy atom. The highest BCUT2D eigenvalue weighted by atomic mass is 32.1. The summed E-state index contributed by atoms with van der Waals surface area (Å²) in [6, 6.07) is 2.93. The molecule has 104 valence electrons. The number of thiol groups is 1. The zero-order chi connectivity index (χ0) is 14.1. The van der Waals surface area contributed by atoms with Crippen molar-refractivity contribution in [3.8, 4) is 0 Å². The minimum absolute atomic E-state index is 0.342. The van der Waals surface area contributed by atoms with Gasteiger partial charge >= 0.3 is 0 Å². The Morgan fingerprint density at radius 2 is 2.25 bits per heavy atom. The van der Waals surface area contributed by atoms with Gasteiger partial charge in [-0.1, -0.05) is 13.0 Å². The number of nitrogens with one attached hydrogen (secondary N) is 1. The molecular formula is C15H14F2N2S. The smallest absolute Gasteiger partial charge is 0.168 e. The Balaban J connectivity index is 2.10. The molecule has 3 heterocycles. The van der Waals surface area contributed by atoms with E-state index in [-0.39, 0.29) is 0 Å². The normalized spacial score (nSPS) is 28.4. The van der Waals surface area contributed by atoms with Crippen LogP contribution in [-0.2, 0) is 6.54 Å². The third kappa shape index (κ3) is 1.48. The standard InChI is InChI=1S/C15H14F2N2S/c1-8-4-11-10-5-12(16)13(17)9-2-3-19(14(9)10)7-15(11,20)18-6-8/h2-5,8,18,20H,6-7H2,1H3. The molecule has 2 aliphatic rings. The maximum atomic E-state index is 13.9. The number of benzene rings is 1. The Bertz CT molecular complexity index is 765. The quantitative estimate of drug-likeness (QED) is 0.713. The lowest BCUT2D eigenvalue weighted by Gasteiger charge is -2.41. The lowest BCUT2D eigenvalue weighted by atomic mass is 9.87. The maximum Gasteiger partial charge on any atom is 0.168 e. The van der Waals surface area contributed by atoms with Gasteiger partial charge in [0, 0.05) is 23.7 Å². The molecule has 4 rings (SSSR count). The number of fused-ring (bicyclic) bond motifs is 2. The molecule has 1 aromatic carbocycles. The zero-order valence-corrected chi connectivity index (χ0v) is 11.8. The van der Waals surface area contributed by atoms with Crippen molar-refractivity contribution in [3.05, 3.63) is 41.6 Å². The predicted molar refractivity (Wildman–Crippen MR) is 78.7 cm³/mol. The summed E-state index contributed by atoms with van der Waals surface area (Å²) in [5.41, 5.74) is 2.45. The van der Waals surface area contributed by atoms with Gasteiger partial charge < -0.3 is 4.57 Å². The second-order valence-electron chi connectivity index (χ2n) is 5.72. The molecule has 2 nitrogen and oxygen atoms in total. The molecule has 2 atom stereocenters. The highest BCUT2D eigenvalue weighted by Crippen LogP contribution is 2.44. The van der Waals surface area contributed by atoms with Crippen molar-refractivity contribution in [3.63, 3.8) is 0 Å². The predicted octanol–water partition coefficient (Wildman–Crippen LogP) is 3.18. The summed E-state index contributed by atoms with van der Waals surface area (Å²) in [7, 11) is 0. The summed E-state index contributed by atoms with van der Waals surface area (Å²) < 4.78 is 29.7. The van der Waals surface area contributed by atoms with Crippen LogP contribution in [0, 0.1) is 17.6 Å². The van der Waals surface area contributed by atoms with Crippen LogP contribution in [-0.4, -0.2) is 16.0 Å². The van der Waals surface area contributed by atoms with Crippen LogP contribution in [0.1, 0.15) is 12.5 Å². The van der Waals surface area contributed by atoms with Crippen molar-refractivity contribution in [2.24, 2.45) is 5.92 Å². The van der Waals surface area contributed by atoms with Crippen molar-refractivity contribution in [2.45, 2.75) is 18.3 Å². The third-order valence-corrected chi connectivity index (χ3v) is 4.78. The molecule has 2 unspecified atom stereocenters. The van der Waals surface area contributed by atoms with Gasteiger partial charge in [-0.05, 0) is 23.6 Å². The Labute approximate surface area is 120 Å². The topological polar surface area (TPSA) is 17.0 Å². The molecule has 5 heteroatoms. The fourth-order valence-electron chi connectivity index (χ4n) is 3.28. The summed E-state index contributed by atoms with van der Waals surface area (Å²) in [5, 5.41) is 3.76. The van der Waals surface area contributed by atoms with Gasteiger partial charge in [-0.2, -0.15) is 12.6 Å². The summed E-state index contributed by atoms with van der Waals surface area (Å²) in [6.45, 7) is 3.53. The molecule has 0 radical (unpaired) electrons. The summed E-state index contributed by atoms with van der Waals surface area (Å²) >= 11 is 4.77. The van der Waals surface area contributed by atoms with Crippen molar-refractivity contribution >= 4 is 29.1 Å². The van der Waals surface area contributed by atoms with E-state index in [1.54, 1.807) is 12.3 Å². The number of rotatable bonds is 0. The van der Waals surface area contributed by atoms with Crippen LogP contribution < -0.4 is 5.32 Å². The first kappa shape index (κ1) is 12.4. The van der Waals surface area contributed by atoms with Crippen LogP contribution in [0.5, 0.6) is 0 Å². The van der Waals surface area contributed by atoms with Crippen LogP contribution in [0.4, 0.5) is 8.78 Å². The minimum atomic E-state index is -0.804. The van der Waals surface area contributed by atoms with E-state index >= 15 is 0 Å². The van der Waals surface area contributed by atoms with Gasteiger partial charge in [0.2, 0.25) is 0 Å². The molecule has 0 saturated heterocycles. The van der Waals surface area contributed by atoms with Gasteiger partial charge in [0.1, 0.15) is 4.87 Å². The van der Waals surface area contributed by atoms with E-state index in [1.165, 1.54) is 6.07 Å². The molecular weight excluding hydrogens is 278 g/mol. The third-order valence-electron chi connectivity index (χ3n) is 4.24. The first-order valence-corrected chi connectivity index (χ1v) is 7.11. The molecule has 1 N–H and O–H groups in total. The molecule has 20 heavy (non-hydrogen) atoms. The van der Waals surface area contributed by atoms with Gasteiger partial charge in [-0.3, -0.25) is 5.32 Å². The highest BCUT2D eigenvalue weighted by Gasteiger charge is 2.40. The Kier molecular flexibility index (Phi) is 2.40. The van der Waals surface area contributed by atoms with E-state index < -0.39 is 16.5 Å². The molecule has 0 fully saturated rings. The van der Waals surface area contributed by atoms with Crippen LogP contribution in [0.25, 0.3) is 16.5 Å². The fraction of sp³-hybridized carbons (Fsp3) is 0.333. The average molecular weight is 292 g/mol. The second kappa shape index (κ2) is 3.86. The number of hydrogen-bond acceptors (Lipinski definition) is 2. The van der Waals surface area contributed by atoms with E-state index in [0.29, 0.717) is 17.8 Å². The van der Waals surface area contributed by atoms with Gasteiger partial charge in [0.15, 0.2) is 11.6 Å². The second-order valence-corrected chi connectivity index (χ2v) is 6.49. The summed E-state index contributed by atoms with van der Waals surface area (Å²) in [6.07, 6.45) is 3.91. The Morgan fingerprint density at radius 1 is 1.45 bits per heavy atom. The Hall–Kier alpha value is -1.33. The minimum Gasteiger partial charge on any atom is -0.344 e. The first-order valence-electron chi connectivity index (χ1n) is 6.66. The van der Waals surface area contributed by atoms with Gasteiger partial charge in [-0.15, -0.1) is 0 Å². The number of halogens is 2.